The maximum absolute atomic E-state index is 14.4. The molecule has 2 aliphatic rings. The minimum absolute atomic E-state index is 0.0612. The summed E-state index contributed by atoms with van der Waals surface area (Å²) in [5, 5.41) is 4.61. The molecule has 0 radical (unpaired) electrons. The normalized spacial score (nSPS) is 17.9. The Morgan fingerprint density at radius 3 is 2.15 bits per heavy atom. The molecule has 0 saturated carbocycles. The van der Waals surface area contributed by atoms with Crippen molar-refractivity contribution in [2.75, 3.05) is 12.4 Å². The first kappa shape index (κ1) is 36.7. The Bertz CT molecular complexity index is 2180. The van der Waals surface area contributed by atoms with Crippen molar-refractivity contribution in [3.63, 3.8) is 0 Å². The molecule has 4 aromatic carbocycles. The molecule has 53 heavy (non-hydrogen) atoms. The number of hydrogen-bond donors (Lipinski definition) is 1. The van der Waals surface area contributed by atoms with Gasteiger partial charge in [-0.3, -0.25) is 18.7 Å². The Labute approximate surface area is 326 Å². The molecule has 0 spiro atoms. The van der Waals surface area contributed by atoms with Gasteiger partial charge in [0.05, 0.1) is 28.0 Å². The number of β-lactam (4-membered cyclic amide) rings is 1. The summed E-state index contributed by atoms with van der Waals surface area (Å²) in [5.41, 5.74) is 1.55. The number of carbonyl (C=O) groups is 3. The van der Waals surface area contributed by atoms with Crippen molar-refractivity contribution in [3.05, 3.63) is 157 Å². The second-order valence-electron chi connectivity index (χ2n) is 12.0. The minimum atomic E-state index is -1.73. The summed E-state index contributed by atoms with van der Waals surface area (Å²) in [6.07, 6.45) is -0.772. The number of amides is 2. The number of rotatable bonds is 12. The van der Waals surface area contributed by atoms with E-state index in [0.717, 1.165) is 9.78 Å². The molecule has 5 aromatic rings. The van der Waals surface area contributed by atoms with Gasteiger partial charge in [-0.15, -0.1) is 11.3 Å². The van der Waals surface area contributed by atoms with Crippen LogP contribution in [0.25, 0.3) is 0 Å². The standard InChI is InChI=1S/C39H29Cl3N2O7S2/c40-26-13-15-30(29(42)18-26)50-31-16-14-27(41)19-32(31)49-21-25-22-53(48)38-34(43-33(45)20-28-12-7-17-52-28)37(46)44(38)35(25)39(47)51-36(23-8-3-1-4-9-23)24-10-5-2-6-11-24/h1-19,34,36,38H,20-22H2,(H,43,45)/t34-,38-,53?/m1/s1. The van der Waals surface area contributed by atoms with E-state index >= 15 is 0 Å². The number of ether oxygens (including phenoxy) is 3. The summed E-state index contributed by atoms with van der Waals surface area (Å²) < 4.78 is 32.3. The molecule has 0 aliphatic carbocycles. The number of benzene rings is 4. The Morgan fingerprint density at radius 2 is 1.51 bits per heavy atom. The largest absolute Gasteiger partial charge is 0.485 e. The van der Waals surface area contributed by atoms with E-state index in [0.29, 0.717) is 26.9 Å². The lowest BCUT2D eigenvalue weighted by atomic mass is 10.0. The first-order valence-electron chi connectivity index (χ1n) is 16.3. The third-order valence-corrected chi connectivity index (χ3v) is 11.8. The topological polar surface area (TPSA) is 111 Å². The highest BCUT2D eigenvalue weighted by Gasteiger charge is 2.57. The van der Waals surface area contributed by atoms with Gasteiger partial charge in [0.2, 0.25) is 5.91 Å². The number of carbonyl (C=O) groups excluding carboxylic acids is 3. The molecule has 0 bridgehead atoms. The highest BCUT2D eigenvalue weighted by molar-refractivity contribution is 7.86. The summed E-state index contributed by atoms with van der Waals surface area (Å²) in [5.74, 6) is -1.21. The smallest absolute Gasteiger partial charge is 0.356 e. The van der Waals surface area contributed by atoms with E-state index in [2.05, 4.69) is 5.32 Å². The second-order valence-corrected chi connectivity index (χ2v) is 15.9. The van der Waals surface area contributed by atoms with Gasteiger partial charge in [0, 0.05) is 26.6 Å². The van der Waals surface area contributed by atoms with Crippen LogP contribution < -0.4 is 14.8 Å². The highest BCUT2D eigenvalue weighted by atomic mass is 35.5. The van der Waals surface area contributed by atoms with Crippen LogP contribution in [-0.2, 0) is 36.3 Å². The lowest BCUT2D eigenvalue weighted by Crippen LogP contribution is -2.73. The summed E-state index contributed by atoms with van der Waals surface area (Å²) in [6, 6.07) is 30.4. The van der Waals surface area contributed by atoms with Crippen LogP contribution in [0.15, 0.2) is 126 Å². The van der Waals surface area contributed by atoms with Gasteiger partial charge in [-0.1, -0.05) is 102 Å². The van der Waals surface area contributed by atoms with Crippen LogP contribution in [0.1, 0.15) is 22.1 Å². The van der Waals surface area contributed by atoms with Gasteiger partial charge in [0.1, 0.15) is 29.5 Å². The van der Waals surface area contributed by atoms with E-state index < -0.39 is 46.1 Å². The van der Waals surface area contributed by atoms with Gasteiger partial charge >= 0.3 is 5.97 Å². The average Bonchev–Trinajstić information content (AvgIpc) is 3.67. The fourth-order valence-electron chi connectivity index (χ4n) is 6.02. The van der Waals surface area contributed by atoms with Crippen molar-refractivity contribution < 1.29 is 32.8 Å². The third-order valence-electron chi connectivity index (χ3n) is 8.48. The zero-order valence-corrected chi connectivity index (χ0v) is 31.5. The van der Waals surface area contributed by atoms with Crippen molar-refractivity contribution in [3.8, 4) is 17.2 Å². The predicted molar refractivity (Wildman–Crippen MR) is 205 cm³/mol. The molecule has 14 heteroatoms. The quantitative estimate of drug-likeness (QED) is 0.100. The van der Waals surface area contributed by atoms with Gasteiger partial charge in [0.25, 0.3) is 5.91 Å². The van der Waals surface area contributed by atoms with Gasteiger partial charge in [-0.2, -0.15) is 0 Å². The molecule has 1 unspecified atom stereocenters. The van der Waals surface area contributed by atoms with Crippen molar-refractivity contribution in [1.29, 1.82) is 0 Å². The number of nitrogens with zero attached hydrogens (tertiary/aromatic N) is 1. The summed E-state index contributed by atoms with van der Waals surface area (Å²) >= 11 is 20.2. The number of esters is 1. The van der Waals surface area contributed by atoms with Crippen LogP contribution in [0.2, 0.25) is 15.1 Å². The maximum Gasteiger partial charge on any atom is 0.356 e. The summed E-state index contributed by atoms with van der Waals surface area (Å²) in [6.45, 7) is -0.283. The van der Waals surface area contributed by atoms with Gasteiger partial charge in [-0.25, -0.2) is 4.79 Å². The van der Waals surface area contributed by atoms with Crippen molar-refractivity contribution in [2.45, 2.75) is 23.9 Å². The van der Waals surface area contributed by atoms with E-state index in [9.17, 15) is 18.6 Å². The third kappa shape index (κ3) is 8.14. The van der Waals surface area contributed by atoms with E-state index in [-0.39, 0.29) is 46.6 Å². The molecule has 9 nitrogen and oxygen atoms in total. The first-order valence-corrected chi connectivity index (χ1v) is 19.7. The van der Waals surface area contributed by atoms with Crippen molar-refractivity contribution >= 4 is 74.7 Å². The van der Waals surface area contributed by atoms with Crippen LogP contribution in [0.5, 0.6) is 17.2 Å². The molecule has 1 fully saturated rings. The fourth-order valence-corrected chi connectivity index (χ4v) is 9.00. The lowest BCUT2D eigenvalue weighted by molar-refractivity contribution is -0.155. The van der Waals surface area contributed by atoms with Crippen LogP contribution in [-0.4, -0.2) is 50.7 Å². The number of halogens is 3. The molecule has 3 heterocycles. The Balaban J connectivity index is 1.21. The predicted octanol–water partition coefficient (Wildman–Crippen LogP) is 8.12. The molecule has 7 rings (SSSR count). The molecule has 2 aliphatic heterocycles. The van der Waals surface area contributed by atoms with Crippen LogP contribution >= 0.6 is 46.1 Å². The number of thiophene rings is 1. The maximum atomic E-state index is 14.4. The SMILES string of the molecule is O=C(Cc1cccs1)N[C@@H]1C(=O)N2C(C(=O)OC(c3ccccc3)c3ccccc3)=C(COc3cc(Cl)ccc3Oc3ccc(Cl)cc3Cl)CS(=O)[C@H]12. The fraction of sp³-hybridized carbons (Fsp3) is 0.154. The molecule has 1 aromatic heterocycles. The van der Waals surface area contributed by atoms with Gasteiger partial charge < -0.3 is 19.5 Å². The average molecular weight is 808 g/mol. The minimum Gasteiger partial charge on any atom is -0.485 e. The zero-order chi connectivity index (χ0) is 37.1. The number of fused-ring (bicyclic) bond motifs is 1. The molecular weight excluding hydrogens is 779 g/mol. The van der Waals surface area contributed by atoms with Crippen molar-refractivity contribution in [2.24, 2.45) is 0 Å². The monoisotopic (exact) mass is 806 g/mol. The molecule has 270 valence electrons. The van der Waals surface area contributed by atoms with Crippen LogP contribution in [0.4, 0.5) is 0 Å². The number of hydrogen-bond acceptors (Lipinski definition) is 8. The second kappa shape index (κ2) is 16.2. The molecule has 2 amide bonds. The van der Waals surface area contributed by atoms with E-state index in [4.69, 9.17) is 49.0 Å². The van der Waals surface area contributed by atoms with E-state index in [1.54, 1.807) is 24.3 Å². The van der Waals surface area contributed by atoms with E-state index in [1.165, 1.54) is 23.5 Å². The lowest BCUT2D eigenvalue weighted by Gasteiger charge is -2.49. The zero-order valence-electron chi connectivity index (χ0n) is 27.6. The molecule has 1 saturated heterocycles. The van der Waals surface area contributed by atoms with Crippen molar-refractivity contribution in [1.82, 2.24) is 10.2 Å². The molecular formula is C39H29Cl3N2O7S2. The van der Waals surface area contributed by atoms with E-state index in [1.807, 2.05) is 78.2 Å². The molecule has 1 N–H and O–H groups in total. The highest BCUT2D eigenvalue weighted by Crippen LogP contribution is 2.40. The molecule has 3 atom stereocenters. The van der Waals surface area contributed by atoms with Crippen LogP contribution in [0, 0.1) is 0 Å². The Hall–Kier alpha value is -4.65. The van der Waals surface area contributed by atoms with Gasteiger partial charge in [-0.05, 0) is 52.9 Å². The van der Waals surface area contributed by atoms with Gasteiger partial charge in [0.15, 0.2) is 17.6 Å². The Morgan fingerprint density at radius 1 is 0.849 bits per heavy atom. The van der Waals surface area contributed by atoms with Crippen LogP contribution in [0.3, 0.4) is 0 Å². The number of nitrogens with one attached hydrogen (secondary N) is 1. The first-order chi connectivity index (χ1) is 25.7. The summed E-state index contributed by atoms with van der Waals surface area (Å²) in [7, 11) is -1.73. The Kier molecular flexibility index (Phi) is 11.2. The summed E-state index contributed by atoms with van der Waals surface area (Å²) in [4.78, 5) is 43.1.